The Bertz CT molecular complexity index is 355. The van der Waals surface area contributed by atoms with Crippen LogP contribution in [0, 0.1) is 5.82 Å². The summed E-state index contributed by atoms with van der Waals surface area (Å²) in [5.74, 6) is -0.244. The third kappa shape index (κ3) is 4.32. The first kappa shape index (κ1) is 13.9. The van der Waals surface area contributed by atoms with Crippen molar-refractivity contribution in [3.63, 3.8) is 0 Å². The van der Waals surface area contributed by atoms with Crippen LogP contribution in [-0.4, -0.2) is 30.3 Å². The summed E-state index contributed by atoms with van der Waals surface area (Å²) in [5, 5.41) is 9.84. The zero-order valence-electron chi connectivity index (χ0n) is 10.5. The van der Waals surface area contributed by atoms with Crippen molar-refractivity contribution in [3.05, 3.63) is 30.1 Å². The molecule has 1 unspecified atom stereocenters. The predicted molar refractivity (Wildman–Crippen MR) is 68.6 cm³/mol. The van der Waals surface area contributed by atoms with Gasteiger partial charge in [-0.1, -0.05) is 6.07 Å². The Morgan fingerprint density at radius 2 is 2.18 bits per heavy atom. The molecule has 0 bridgehead atoms. The van der Waals surface area contributed by atoms with Gasteiger partial charge in [-0.25, -0.2) is 4.39 Å². The smallest absolute Gasteiger partial charge is 0.125 e. The Balaban J connectivity index is 2.66. The zero-order valence-corrected chi connectivity index (χ0v) is 10.5. The molecule has 1 atom stereocenters. The lowest BCUT2D eigenvalue weighted by Crippen LogP contribution is -2.38. The Labute approximate surface area is 102 Å². The molecule has 0 aliphatic rings. The lowest BCUT2D eigenvalue weighted by atomic mass is 10.0. The molecule has 96 valence electrons. The largest absolute Gasteiger partial charge is 0.389 e. The fourth-order valence-corrected chi connectivity index (χ4v) is 1.62. The molecule has 0 aliphatic carbocycles. The molecular formula is C13H21FN2O. The van der Waals surface area contributed by atoms with Crippen LogP contribution < -0.4 is 10.6 Å². The number of rotatable bonds is 6. The summed E-state index contributed by atoms with van der Waals surface area (Å²) in [6.45, 7) is 5.37. The molecule has 3 N–H and O–H groups in total. The van der Waals surface area contributed by atoms with Crippen LogP contribution in [0.4, 0.5) is 10.1 Å². The normalized spacial score (nSPS) is 14.4. The van der Waals surface area contributed by atoms with E-state index in [1.807, 2.05) is 17.9 Å². The third-order valence-electron chi connectivity index (χ3n) is 2.92. The molecule has 1 rings (SSSR count). The maximum atomic E-state index is 13.1. The number of aliphatic hydroxyl groups is 1. The second-order valence-electron chi connectivity index (χ2n) is 4.51. The molecule has 0 aromatic heterocycles. The molecule has 1 aromatic carbocycles. The Morgan fingerprint density at radius 3 is 2.71 bits per heavy atom. The van der Waals surface area contributed by atoms with Crippen LogP contribution in [0.2, 0.25) is 0 Å². The molecule has 0 heterocycles. The Hall–Kier alpha value is -1.13. The van der Waals surface area contributed by atoms with Crippen molar-refractivity contribution in [2.45, 2.75) is 25.9 Å². The van der Waals surface area contributed by atoms with E-state index >= 15 is 0 Å². The van der Waals surface area contributed by atoms with Crippen LogP contribution in [0.3, 0.4) is 0 Å². The predicted octanol–water partition coefficient (Wildman–Crippen LogP) is 1.75. The van der Waals surface area contributed by atoms with E-state index in [1.54, 1.807) is 13.0 Å². The Morgan fingerprint density at radius 1 is 1.47 bits per heavy atom. The number of nitrogens with two attached hydrogens (primary N) is 1. The van der Waals surface area contributed by atoms with E-state index in [-0.39, 0.29) is 12.4 Å². The number of halogens is 1. The van der Waals surface area contributed by atoms with Crippen molar-refractivity contribution in [2.24, 2.45) is 5.73 Å². The molecule has 0 spiro atoms. The van der Waals surface area contributed by atoms with E-state index in [0.29, 0.717) is 13.0 Å². The quantitative estimate of drug-likeness (QED) is 0.796. The van der Waals surface area contributed by atoms with Gasteiger partial charge in [-0.05, 0) is 38.5 Å². The molecular weight excluding hydrogens is 219 g/mol. The Kier molecular flexibility index (Phi) is 4.90. The summed E-state index contributed by atoms with van der Waals surface area (Å²) in [7, 11) is 0. The molecule has 1 aromatic rings. The monoisotopic (exact) mass is 240 g/mol. The molecule has 0 amide bonds. The number of benzene rings is 1. The molecule has 4 heteroatoms. The number of nitrogens with zero attached hydrogens (tertiary/aromatic N) is 1. The van der Waals surface area contributed by atoms with Crippen molar-refractivity contribution in [1.29, 1.82) is 0 Å². The van der Waals surface area contributed by atoms with Crippen molar-refractivity contribution in [1.82, 2.24) is 0 Å². The molecule has 0 radical (unpaired) electrons. The molecule has 0 aliphatic heterocycles. The highest BCUT2D eigenvalue weighted by Gasteiger charge is 2.19. The van der Waals surface area contributed by atoms with Crippen LogP contribution in [0.1, 0.15) is 20.3 Å². The van der Waals surface area contributed by atoms with E-state index in [4.69, 9.17) is 5.73 Å². The van der Waals surface area contributed by atoms with Gasteiger partial charge in [0.1, 0.15) is 5.82 Å². The van der Waals surface area contributed by atoms with Gasteiger partial charge in [0.15, 0.2) is 0 Å². The first-order chi connectivity index (χ1) is 7.98. The molecule has 3 nitrogen and oxygen atoms in total. The molecule has 0 fully saturated rings. The van der Waals surface area contributed by atoms with Gasteiger partial charge in [0.2, 0.25) is 0 Å². The van der Waals surface area contributed by atoms with Gasteiger partial charge < -0.3 is 15.7 Å². The van der Waals surface area contributed by atoms with E-state index in [1.165, 1.54) is 12.1 Å². The van der Waals surface area contributed by atoms with Gasteiger partial charge in [0.25, 0.3) is 0 Å². The third-order valence-corrected chi connectivity index (χ3v) is 2.92. The fraction of sp³-hybridized carbons (Fsp3) is 0.538. The molecule has 17 heavy (non-hydrogen) atoms. The van der Waals surface area contributed by atoms with E-state index < -0.39 is 5.60 Å². The second-order valence-corrected chi connectivity index (χ2v) is 4.51. The van der Waals surface area contributed by atoms with Gasteiger partial charge >= 0.3 is 0 Å². The van der Waals surface area contributed by atoms with Crippen LogP contribution in [0.5, 0.6) is 0 Å². The van der Waals surface area contributed by atoms with Crippen molar-refractivity contribution in [3.8, 4) is 0 Å². The summed E-state index contributed by atoms with van der Waals surface area (Å²) in [6, 6.07) is 6.48. The molecule has 0 saturated carbocycles. The van der Waals surface area contributed by atoms with E-state index in [2.05, 4.69) is 0 Å². The lowest BCUT2D eigenvalue weighted by molar-refractivity contribution is 0.0621. The van der Waals surface area contributed by atoms with Crippen molar-refractivity contribution in [2.75, 3.05) is 24.5 Å². The van der Waals surface area contributed by atoms with Crippen LogP contribution >= 0.6 is 0 Å². The topological polar surface area (TPSA) is 49.5 Å². The highest BCUT2D eigenvalue weighted by atomic mass is 19.1. The zero-order chi connectivity index (χ0) is 12.9. The number of anilines is 1. The highest BCUT2D eigenvalue weighted by molar-refractivity contribution is 5.46. The van der Waals surface area contributed by atoms with Crippen LogP contribution in [-0.2, 0) is 0 Å². The van der Waals surface area contributed by atoms with Crippen LogP contribution in [0.15, 0.2) is 24.3 Å². The maximum Gasteiger partial charge on any atom is 0.125 e. The van der Waals surface area contributed by atoms with Gasteiger partial charge in [-0.2, -0.15) is 0 Å². The maximum absolute atomic E-state index is 13.1. The number of hydrogen-bond donors (Lipinski definition) is 2. The van der Waals surface area contributed by atoms with E-state index in [9.17, 15) is 9.50 Å². The first-order valence-corrected chi connectivity index (χ1v) is 5.91. The minimum atomic E-state index is -0.860. The first-order valence-electron chi connectivity index (χ1n) is 5.91. The average Bonchev–Trinajstić information content (AvgIpc) is 2.30. The summed E-state index contributed by atoms with van der Waals surface area (Å²) < 4.78 is 13.1. The van der Waals surface area contributed by atoms with E-state index in [0.717, 1.165) is 12.2 Å². The van der Waals surface area contributed by atoms with Gasteiger partial charge in [0, 0.05) is 25.3 Å². The van der Waals surface area contributed by atoms with Crippen molar-refractivity contribution < 1.29 is 9.50 Å². The summed E-state index contributed by atoms with van der Waals surface area (Å²) in [4.78, 5) is 2.02. The second kappa shape index (κ2) is 5.98. The molecule has 0 saturated heterocycles. The standard InChI is InChI=1S/C13H21FN2O/c1-3-16(8-7-13(2,17)10-15)12-6-4-5-11(14)9-12/h4-6,9,17H,3,7-8,10,15H2,1-2H3. The van der Waals surface area contributed by atoms with Gasteiger partial charge in [-0.3, -0.25) is 0 Å². The van der Waals surface area contributed by atoms with Crippen LogP contribution in [0.25, 0.3) is 0 Å². The highest BCUT2D eigenvalue weighted by Crippen LogP contribution is 2.17. The van der Waals surface area contributed by atoms with Gasteiger partial charge in [-0.15, -0.1) is 0 Å². The lowest BCUT2D eigenvalue weighted by Gasteiger charge is -2.28. The number of hydrogen-bond acceptors (Lipinski definition) is 3. The minimum Gasteiger partial charge on any atom is -0.389 e. The average molecular weight is 240 g/mol. The summed E-state index contributed by atoms with van der Waals surface area (Å²) in [6.07, 6.45) is 0.563. The minimum absolute atomic E-state index is 0.230. The van der Waals surface area contributed by atoms with Crippen molar-refractivity contribution >= 4 is 5.69 Å². The summed E-state index contributed by atoms with van der Waals surface area (Å²) in [5.41, 5.74) is 5.44. The summed E-state index contributed by atoms with van der Waals surface area (Å²) >= 11 is 0. The fourth-order valence-electron chi connectivity index (χ4n) is 1.62. The SMILES string of the molecule is CCN(CCC(C)(O)CN)c1cccc(F)c1. The van der Waals surface area contributed by atoms with Gasteiger partial charge in [0.05, 0.1) is 5.60 Å².